The summed E-state index contributed by atoms with van der Waals surface area (Å²) in [5.41, 5.74) is 2.93. The number of fused-ring (bicyclic) bond motifs is 1. The zero-order chi connectivity index (χ0) is 17.2. The topological polar surface area (TPSA) is 46.9 Å². The summed E-state index contributed by atoms with van der Waals surface area (Å²) in [5.74, 6) is -0.0851. The van der Waals surface area contributed by atoms with Crippen molar-refractivity contribution in [3.63, 3.8) is 0 Å². The van der Waals surface area contributed by atoms with E-state index in [4.69, 9.17) is 0 Å². The summed E-state index contributed by atoms with van der Waals surface area (Å²) in [6.07, 6.45) is 0. The van der Waals surface area contributed by atoms with Crippen molar-refractivity contribution in [3.05, 3.63) is 82.9 Å². The average Bonchev–Trinajstić information content (AvgIpc) is 3.19. The van der Waals surface area contributed by atoms with E-state index in [1.165, 1.54) is 16.9 Å². The van der Waals surface area contributed by atoms with Crippen molar-refractivity contribution < 1.29 is 4.79 Å². The number of carbonyl (C=O) groups excluding carboxylic acids is 1. The van der Waals surface area contributed by atoms with Crippen LogP contribution in [0.2, 0.25) is 0 Å². The van der Waals surface area contributed by atoms with Gasteiger partial charge in [-0.1, -0.05) is 48.5 Å². The van der Waals surface area contributed by atoms with Gasteiger partial charge in [-0.15, -0.1) is 11.3 Å². The molecule has 0 aliphatic carbocycles. The molecule has 0 fully saturated rings. The number of nitrogens with one attached hydrogen (secondary N) is 1. The third kappa shape index (κ3) is 3.19. The van der Waals surface area contributed by atoms with Gasteiger partial charge in [0.2, 0.25) is 0 Å². The van der Waals surface area contributed by atoms with E-state index in [2.05, 4.69) is 22.5 Å². The summed E-state index contributed by atoms with van der Waals surface area (Å²) in [5, 5.41) is 8.61. The smallest absolute Gasteiger partial charge is 0.265 e. The maximum atomic E-state index is 12.5. The van der Waals surface area contributed by atoms with Crippen LogP contribution >= 0.6 is 11.3 Å². The second-order valence-corrected chi connectivity index (χ2v) is 6.91. The van der Waals surface area contributed by atoms with Crippen LogP contribution < -0.4 is 5.32 Å². The zero-order valence-electron chi connectivity index (χ0n) is 13.8. The van der Waals surface area contributed by atoms with Gasteiger partial charge in [0, 0.05) is 11.1 Å². The van der Waals surface area contributed by atoms with E-state index in [1.807, 2.05) is 66.2 Å². The van der Waals surface area contributed by atoms with Gasteiger partial charge in [0.25, 0.3) is 5.91 Å². The van der Waals surface area contributed by atoms with Crippen LogP contribution in [0.15, 0.2) is 66.7 Å². The Morgan fingerprint density at radius 2 is 1.76 bits per heavy atom. The summed E-state index contributed by atoms with van der Waals surface area (Å²) in [6.45, 7) is 2.68. The minimum Gasteiger partial charge on any atom is -0.321 e. The van der Waals surface area contributed by atoms with Gasteiger partial charge in [0.05, 0.1) is 17.1 Å². The molecule has 1 N–H and O–H groups in total. The lowest BCUT2D eigenvalue weighted by Crippen LogP contribution is -2.09. The number of aryl methyl sites for hydroxylation is 1. The van der Waals surface area contributed by atoms with E-state index < -0.39 is 0 Å². The lowest BCUT2D eigenvalue weighted by molar-refractivity contribution is 0.103. The van der Waals surface area contributed by atoms with Crippen LogP contribution in [0, 0.1) is 6.92 Å². The molecule has 0 unspecified atom stereocenters. The highest BCUT2D eigenvalue weighted by atomic mass is 32.1. The van der Waals surface area contributed by atoms with E-state index in [1.54, 1.807) is 0 Å². The first-order valence-electron chi connectivity index (χ1n) is 8.08. The number of thiophene rings is 1. The number of aromatic nitrogens is 2. The zero-order valence-corrected chi connectivity index (χ0v) is 14.6. The molecule has 0 bridgehead atoms. The Morgan fingerprint density at radius 1 is 1.08 bits per heavy atom. The van der Waals surface area contributed by atoms with Gasteiger partial charge < -0.3 is 5.32 Å². The van der Waals surface area contributed by atoms with Crippen LogP contribution in [-0.2, 0) is 6.54 Å². The van der Waals surface area contributed by atoms with Crippen LogP contribution in [0.25, 0.3) is 10.2 Å². The summed E-state index contributed by atoms with van der Waals surface area (Å²) in [4.78, 5) is 14.3. The second-order valence-electron chi connectivity index (χ2n) is 5.88. The van der Waals surface area contributed by atoms with Gasteiger partial charge in [0.15, 0.2) is 0 Å². The fraction of sp³-hybridized carbons (Fsp3) is 0.100. The Kier molecular flexibility index (Phi) is 4.07. The molecule has 0 radical (unpaired) electrons. The fourth-order valence-electron chi connectivity index (χ4n) is 2.80. The van der Waals surface area contributed by atoms with Crippen LogP contribution in [-0.4, -0.2) is 15.7 Å². The molecule has 4 rings (SSSR count). The Hall–Kier alpha value is -2.92. The van der Waals surface area contributed by atoms with Gasteiger partial charge in [0.1, 0.15) is 4.83 Å². The second kappa shape index (κ2) is 6.53. The SMILES string of the molecule is Cc1nn(Cc2ccccc2)c2sc(C(=O)Nc3ccccc3)cc12. The first kappa shape index (κ1) is 15.6. The van der Waals surface area contributed by atoms with Crippen molar-refractivity contribution in [2.45, 2.75) is 13.5 Å². The van der Waals surface area contributed by atoms with Crippen LogP contribution in [0.4, 0.5) is 5.69 Å². The van der Waals surface area contributed by atoms with Gasteiger partial charge in [-0.05, 0) is 30.7 Å². The van der Waals surface area contributed by atoms with Crippen molar-refractivity contribution in [1.82, 2.24) is 9.78 Å². The third-order valence-corrected chi connectivity index (χ3v) is 5.19. The lowest BCUT2D eigenvalue weighted by Gasteiger charge is -2.03. The van der Waals surface area contributed by atoms with E-state index in [0.717, 1.165) is 21.6 Å². The molecule has 5 heteroatoms. The van der Waals surface area contributed by atoms with Gasteiger partial charge in [-0.3, -0.25) is 9.48 Å². The Labute approximate surface area is 149 Å². The number of carbonyl (C=O) groups is 1. The molecule has 0 saturated heterocycles. The molecule has 0 saturated carbocycles. The molecule has 25 heavy (non-hydrogen) atoms. The number of hydrogen-bond acceptors (Lipinski definition) is 3. The summed E-state index contributed by atoms with van der Waals surface area (Å²) >= 11 is 1.48. The summed E-state index contributed by atoms with van der Waals surface area (Å²) in [7, 11) is 0. The Morgan fingerprint density at radius 3 is 2.48 bits per heavy atom. The highest BCUT2D eigenvalue weighted by molar-refractivity contribution is 7.20. The number of para-hydroxylation sites is 1. The van der Waals surface area contributed by atoms with Crippen LogP contribution in [0.5, 0.6) is 0 Å². The maximum absolute atomic E-state index is 12.5. The monoisotopic (exact) mass is 347 g/mol. The molecular weight excluding hydrogens is 330 g/mol. The molecular formula is C20H17N3OS. The number of amides is 1. The van der Waals surface area contributed by atoms with Crippen molar-refractivity contribution in [2.24, 2.45) is 0 Å². The molecule has 0 aliphatic rings. The fourth-order valence-corrected chi connectivity index (χ4v) is 3.86. The summed E-state index contributed by atoms with van der Waals surface area (Å²) in [6, 6.07) is 21.7. The molecule has 1 amide bonds. The molecule has 0 atom stereocenters. The molecule has 0 aliphatic heterocycles. The minimum atomic E-state index is -0.0851. The van der Waals surface area contributed by atoms with Crippen molar-refractivity contribution in [2.75, 3.05) is 5.32 Å². The first-order chi connectivity index (χ1) is 12.2. The number of nitrogens with zero attached hydrogens (tertiary/aromatic N) is 2. The van der Waals surface area contributed by atoms with Gasteiger partial charge in [-0.2, -0.15) is 5.10 Å². The predicted molar refractivity (Wildman–Crippen MR) is 102 cm³/mol. The largest absolute Gasteiger partial charge is 0.321 e. The van der Waals surface area contributed by atoms with Gasteiger partial charge >= 0.3 is 0 Å². The standard InChI is InChI=1S/C20H17N3OS/c1-14-17-12-18(19(24)21-16-10-6-3-7-11-16)25-20(17)23(22-14)13-15-8-4-2-5-9-15/h2-12H,13H2,1H3,(H,21,24). The molecule has 2 heterocycles. The number of hydrogen-bond donors (Lipinski definition) is 1. The minimum absolute atomic E-state index is 0.0851. The highest BCUT2D eigenvalue weighted by Crippen LogP contribution is 2.29. The highest BCUT2D eigenvalue weighted by Gasteiger charge is 2.16. The predicted octanol–water partition coefficient (Wildman–Crippen LogP) is 4.71. The Balaban J connectivity index is 1.64. The van der Waals surface area contributed by atoms with E-state index in [-0.39, 0.29) is 5.91 Å². The first-order valence-corrected chi connectivity index (χ1v) is 8.89. The lowest BCUT2D eigenvalue weighted by atomic mass is 10.2. The molecule has 2 aromatic carbocycles. The number of rotatable bonds is 4. The quantitative estimate of drug-likeness (QED) is 0.581. The van der Waals surface area contributed by atoms with Crippen molar-refractivity contribution in [1.29, 1.82) is 0 Å². The molecule has 124 valence electrons. The van der Waals surface area contributed by atoms with E-state index in [0.29, 0.717) is 11.4 Å². The molecule has 0 spiro atoms. The molecule has 4 aromatic rings. The van der Waals surface area contributed by atoms with Gasteiger partial charge in [-0.25, -0.2) is 0 Å². The van der Waals surface area contributed by atoms with Crippen LogP contribution in [0.3, 0.4) is 0 Å². The Bertz CT molecular complexity index is 1020. The van der Waals surface area contributed by atoms with Crippen molar-refractivity contribution >= 4 is 33.1 Å². The number of benzene rings is 2. The van der Waals surface area contributed by atoms with E-state index in [9.17, 15) is 4.79 Å². The van der Waals surface area contributed by atoms with Crippen LogP contribution in [0.1, 0.15) is 20.9 Å². The molecule has 2 aromatic heterocycles. The third-order valence-electron chi connectivity index (χ3n) is 4.04. The summed E-state index contributed by atoms with van der Waals surface area (Å²) < 4.78 is 1.98. The normalized spacial score (nSPS) is 10.9. The van der Waals surface area contributed by atoms with Crippen molar-refractivity contribution in [3.8, 4) is 0 Å². The molecule has 4 nitrogen and oxygen atoms in total. The average molecular weight is 347 g/mol. The number of anilines is 1. The maximum Gasteiger partial charge on any atom is 0.265 e. The van der Waals surface area contributed by atoms with E-state index >= 15 is 0 Å².